The Morgan fingerprint density at radius 1 is 1.10 bits per heavy atom. The van der Waals surface area contributed by atoms with Gasteiger partial charge in [-0.05, 0) is 48.6 Å². The van der Waals surface area contributed by atoms with Gasteiger partial charge in [0.25, 0.3) is 5.78 Å². The number of rotatable bonds is 4. The van der Waals surface area contributed by atoms with E-state index in [2.05, 4.69) is 36.9 Å². The zero-order valence-corrected chi connectivity index (χ0v) is 18.1. The SMILES string of the molecule is CC(C)c1ccc2c(c1)C(=O)C(=O)N2CN1CCC(c2nc3ccccc3s2)CC1. The molecule has 154 valence electrons. The first-order valence-corrected chi connectivity index (χ1v) is 11.4. The van der Waals surface area contributed by atoms with Gasteiger partial charge in [0, 0.05) is 19.0 Å². The predicted octanol–water partition coefficient (Wildman–Crippen LogP) is 4.79. The summed E-state index contributed by atoms with van der Waals surface area (Å²) in [5, 5.41) is 1.22. The first kappa shape index (κ1) is 19.4. The number of nitrogens with zero attached hydrogens (tertiary/aromatic N) is 3. The number of hydrogen-bond acceptors (Lipinski definition) is 5. The fourth-order valence-corrected chi connectivity index (χ4v) is 5.54. The van der Waals surface area contributed by atoms with E-state index in [1.54, 1.807) is 16.2 Å². The maximum absolute atomic E-state index is 12.6. The van der Waals surface area contributed by atoms with Gasteiger partial charge in [-0.15, -0.1) is 11.3 Å². The standard InChI is InChI=1S/C24H25N3O2S/c1-15(2)17-7-8-20-18(13-17)22(28)24(29)27(20)14-26-11-9-16(10-12-26)23-25-19-5-3-4-6-21(19)30-23/h3-8,13,15-16H,9-12,14H2,1-2H3. The normalized spacial score (nSPS) is 18.0. The molecule has 2 aliphatic rings. The summed E-state index contributed by atoms with van der Waals surface area (Å²) in [5.74, 6) is 0.0142. The first-order valence-electron chi connectivity index (χ1n) is 10.6. The third kappa shape index (κ3) is 3.34. The quantitative estimate of drug-likeness (QED) is 0.571. The zero-order chi connectivity index (χ0) is 20.8. The fraction of sp³-hybridized carbons (Fsp3) is 0.375. The third-order valence-electron chi connectivity index (χ3n) is 6.25. The Balaban J connectivity index is 1.28. The summed E-state index contributed by atoms with van der Waals surface area (Å²) in [5.41, 5.74) is 3.48. The molecule has 3 aromatic rings. The number of para-hydroxylation sites is 1. The minimum absolute atomic E-state index is 0.328. The van der Waals surface area contributed by atoms with E-state index >= 15 is 0 Å². The number of ketones is 1. The molecule has 2 aromatic carbocycles. The lowest BCUT2D eigenvalue weighted by molar-refractivity contribution is -0.114. The van der Waals surface area contributed by atoms with E-state index in [-0.39, 0.29) is 5.78 Å². The third-order valence-corrected chi connectivity index (χ3v) is 7.45. The molecule has 0 N–H and O–H groups in total. The number of anilines is 1. The van der Waals surface area contributed by atoms with Crippen molar-refractivity contribution in [2.75, 3.05) is 24.7 Å². The number of amides is 1. The smallest absolute Gasteiger partial charge is 0.291 e. The number of benzene rings is 2. The Labute approximate surface area is 180 Å². The predicted molar refractivity (Wildman–Crippen MR) is 120 cm³/mol. The summed E-state index contributed by atoms with van der Waals surface area (Å²) in [4.78, 5) is 33.9. The molecule has 0 unspecified atom stereocenters. The second-order valence-electron chi connectivity index (χ2n) is 8.55. The van der Waals surface area contributed by atoms with Crippen LogP contribution in [0.15, 0.2) is 42.5 Å². The van der Waals surface area contributed by atoms with E-state index < -0.39 is 5.91 Å². The van der Waals surface area contributed by atoms with E-state index in [0.717, 1.165) is 42.7 Å². The molecule has 2 aliphatic heterocycles. The number of carbonyl (C=O) groups excluding carboxylic acids is 2. The molecular weight excluding hydrogens is 394 g/mol. The van der Waals surface area contributed by atoms with Crippen LogP contribution in [0.3, 0.4) is 0 Å². The molecular formula is C24H25N3O2S. The van der Waals surface area contributed by atoms with Crippen LogP contribution in [-0.4, -0.2) is 41.3 Å². The Kier molecular flexibility index (Phi) is 4.91. The highest BCUT2D eigenvalue weighted by molar-refractivity contribution is 7.18. The van der Waals surface area contributed by atoms with Crippen LogP contribution in [0.5, 0.6) is 0 Å². The van der Waals surface area contributed by atoms with Crippen LogP contribution in [0, 0.1) is 0 Å². The van der Waals surface area contributed by atoms with Crippen molar-refractivity contribution in [1.82, 2.24) is 9.88 Å². The van der Waals surface area contributed by atoms with E-state index in [4.69, 9.17) is 4.98 Å². The minimum Gasteiger partial charge on any atom is -0.291 e. The molecule has 5 rings (SSSR count). The number of thiazole rings is 1. The summed E-state index contributed by atoms with van der Waals surface area (Å²) >= 11 is 1.79. The average molecular weight is 420 g/mol. The maximum Gasteiger partial charge on any atom is 0.300 e. The second-order valence-corrected chi connectivity index (χ2v) is 9.61. The molecule has 0 aliphatic carbocycles. The Hall–Kier alpha value is -2.57. The molecule has 1 fully saturated rings. The number of piperidine rings is 1. The number of carbonyl (C=O) groups is 2. The van der Waals surface area contributed by atoms with Crippen LogP contribution in [0.1, 0.15) is 59.5 Å². The molecule has 0 atom stereocenters. The number of Topliss-reactive ketones (excluding diaryl/α,β-unsaturated/α-hetero) is 1. The van der Waals surface area contributed by atoms with E-state index in [1.807, 2.05) is 24.3 Å². The number of fused-ring (bicyclic) bond motifs is 2. The van der Waals surface area contributed by atoms with Gasteiger partial charge < -0.3 is 0 Å². The van der Waals surface area contributed by atoms with Crippen molar-refractivity contribution < 1.29 is 9.59 Å². The summed E-state index contributed by atoms with van der Waals surface area (Å²) in [6, 6.07) is 14.1. The maximum atomic E-state index is 12.6. The van der Waals surface area contributed by atoms with Crippen molar-refractivity contribution in [1.29, 1.82) is 0 Å². The largest absolute Gasteiger partial charge is 0.300 e. The first-order chi connectivity index (χ1) is 14.5. The highest BCUT2D eigenvalue weighted by Gasteiger charge is 2.37. The van der Waals surface area contributed by atoms with Crippen molar-refractivity contribution in [3.63, 3.8) is 0 Å². The fourth-order valence-electron chi connectivity index (χ4n) is 4.40. The van der Waals surface area contributed by atoms with Gasteiger partial charge in [-0.1, -0.05) is 32.0 Å². The Morgan fingerprint density at radius 2 is 1.87 bits per heavy atom. The van der Waals surface area contributed by atoms with Gasteiger partial charge in [-0.3, -0.25) is 19.4 Å². The lowest BCUT2D eigenvalue weighted by atomic mass is 9.98. The number of aromatic nitrogens is 1. The van der Waals surface area contributed by atoms with Crippen LogP contribution >= 0.6 is 11.3 Å². The minimum atomic E-state index is -0.404. The summed E-state index contributed by atoms with van der Waals surface area (Å²) < 4.78 is 1.24. The van der Waals surface area contributed by atoms with Gasteiger partial charge in [-0.2, -0.15) is 0 Å². The lowest BCUT2D eigenvalue weighted by Gasteiger charge is -2.33. The second kappa shape index (κ2) is 7.60. The van der Waals surface area contributed by atoms with Crippen LogP contribution in [0.2, 0.25) is 0 Å². The molecule has 6 heteroatoms. The van der Waals surface area contributed by atoms with E-state index in [1.165, 1.54) is 9.71 Å². The molecule has 0 spiro atoms. The zero-order valence-electron chi connectivity index (χ0n) is 17.3. The van der Waals surface area contributed by atoms with Gasteiger partial charge in [0.15, 0.2) is 0 Å². The van der Waals surface area contributed by atoms with Crippen LogP contribution in [0.4, 0.5) is 5.69 Å². The van der Waals surface area contributed by atoms with Crippen molar-refractivity contribution in [2.45, 2.75) is 38.5 Å². The van der Waals surface area contributed by atoms with Crippen LogP contribution < -0.4 is 4.90 Å². The van der Waals surface area contributed by atoms with Crippen LogP contribution in [-0.2, 0) is 4.79 Å². The molecule has 30 heavy (non-hydrogen) atoms. The summed E-state index contributed by atoms with van der Waals surface area (Å²) in [6.07, 6.45) is 2.05. The molecule has 0 saturated carbocycles. The van der Waals surface area contributed by atoms with Crippen molar-refractivity contribution >= 4 is 38.9 Å². The number of likely N-dealkylation sites (tertiary alicyclic amines) is 1. The number of hydrogen-bond donors (Lipinski definition) is 0. The molecule has 0 radical (unpaired) electrons. The summed E-state index contributed by atoms with van der Waals surface area (Å²) in [7, 11) is 0. The van der Waals surface area contributed by atoms with E-state index in [0.29, 0.717) is 24.1 Å². The molecule has 5 nitrogen and oxygen atoms in total. The van der Waals surface area contributed by atoms with Gasteiger partial charge >= 0.3 is 5.91 Å². The molecule has 1 aromatic heterocycles. The van der Waals surface area contributed by atoms with Gasteiger partial charge in [0.1, 0.15) is 0 Å². The highest BCUT2D eigenvalue weighted by Crippen LogP contribution is 2.35. The highest BCUT2D eigenvalue weighted by atomic mass is 32.1. The monoisotopic (exact) mass is 419 g/mol. The van der Waals surface area contributed by atoms with Gasteiger partial charge in [0.2, 0.25) is 0 Å². The topological polar surface area (TPSA) is 53.5 Å². The van der Waals surface area contributed by atoms with Crippen LogP contribution in [0.25, 0.3) is 10.2 Å². The lowest BCUT2D eigenvalue weighted by Crippen LogP contribution is -2.44. The molecule has 1 saturated heterocycles. The van der Waals surface area contributed by atoms with Crippen molar-refractivity contribution in [2.24, 2.45) is 0 Å². The van der Waals surface area contributed by atoms with Gasteiger partial charge in [-0.25, -0.2) is 4.98 Å². The average Bonchev–Trinajstić information content (AvgIpc) is 3.29. The van der Waals surface area contributed by atoms with E-state index in [9.17, 15) is 9.59 Å². The summed E-state index contributed by atoms with van der Waals surface area (Å²) in [6.45, 7) is 6.47. The van der Waals surface area contributed by atoms with Gasteiger partial charge in [0.05, 0.1) is 33.1 Å². The molecule has 1 amide bonds. The van der Waals surface area contributed by atoms with Crippen molar-refractivity contribution in [3.05, 3.63) is 58.6 Å². The molecule has 0 bridgehead atoms. The Morgan fingerprint density at radius 3 is 2.60 bits per heavy atom. The Bertz CT molecular complexity index is 1100. The molecule has 3 heterocycles. The van der Waals surface area contributed by atoms with Crippen molar-refractivity contribution in [3.8, 4) is 0 Å².